The number of hydrogen-bond donors (Lipinski definition) is 1. The summed E-state index contributed by atoms with van der Waals surface area (Å²) in [6.07, 6.45) is 1.60. The smallest absolute Gasteiger partial charge is 0.278 e. The van der Waals surface area contributed by atoms with Crippen LogP contribution in [0.3, 0.4) is 0 Å². The predicted molar refractivity (Wildman–Crippen MR) is 75.9 cm³/mol. The first-order valence-corrected chi connectivity index (χ1v) is 6.03. The van der Waals surface area contributed by atoms with E-state index in [1.165, 1.54) is 4.40 Å². The van der Waals surface area contributed by atoms with Crippen LogP contribution in [0.5, 0.6) is 0 Å². The van der Waals surface area contributed by atoms with Gasteiger partial charge in [-0.25, -0.2) is 4.98 Å². The van der Waals surface area contributed by atoms with Crippen molar-refractivity contribution in [1.29, 1.82) is 5.26 Å². The van der Waals surface area contributed by atoms with E-state index in [4.69, 9.17) is 0 Å². The van der Waals surface area contributed by atoms with Gasteiger partial charge in [0.2, 0.25) is 0 Å². The number of nitrogens with zero attached hydrogens (tertiary/aromatic N) is 3. The summed E-state index contributed by atoms with van der Waals surface area (Å²) in [4.78, 5) is 16.6. The van der Waals surface area contributed by atoms with Crippen molar-refractivity contribution in [2.45, 2.75) is 0 Å². The molecule has 0 unspecified atom stereocenters. The van der Waals surface area contributed by atoms with Gasteiger partial charge in [0.05, 0.1) is 0 Å². The fourth-order valence-electron chi connectivity index (χ4n) is 1.94. The van der Waals surface area contributed by atoms with Crippen molar-refractivity contribution in [2.75, 3.05) is 5.32 Å². The number of para-hydroxylation sites is 1. The summed E-state index contributed by atoms with van der Waals surface area (Å²) in [5, 5.41) is 12.2. The van der Waals surface area contributed by atoms with Gasteiger partial charge in [-0.1, -0.05) is 24.3 Å². The van der Waals surface area contributed by atoms with Gasteiger partial charge >= 0.3 is 0 Å². The van der Waals surface area contributed by atoms with Crippen LogP contribution in [0.25, 0.3) is 5.65 Å². The third-order valence-electron chi connectivity index (χ3n) is 2.88. The van der Waals surface area contributed by atoms with E-state index in [0.717, 1.165) is 5.69 Å². The van der Waals surface area contributed by atoms with Crippen molar-refractivity contribution in [3.05, 3.63) is 70.6 Å². The first-order chi connectivity index (χ1) is 9.79. The van der Waals surface area contributed by atoms with E-state index in [1.807, 2.05) is 36.4 Å². The Morgan fingerprint density at radius 3 is 2.60 bits per heavy atom. The Morgan fingerprint density at radius 1 is 1.10 bits per heavy atom. The average Bonchev–Trinajstić information content (AvgIpc) is 2.49. The summed E-state index contributed by atoms with van der Waals surface area (Å²) in [7, 11) is 0. The van der Waals surface area contributed by atoms with Crippen LogP contribution in [0.4, 0.5) is 11.5 Å². The standard InChI is InChI=1S/C15H10N4O/c16-10-12-14(17-11-6-2-1-3-7-11)18-13-8-4-5-9-19(13)15(12)20/h1-9,17H. The van der Waals surface area contributed by atoms with Gasteiger partial charge in [-0.15, -0.1) is 0 Å². The van der Waals surface area contributed by atoms with E-state index in [2.05, 4.69) is 10.3 Å². The lowest BCUT2D eigenvalue weighted by atomic mass is 10.2. The SMILES string of the molecule is N#Cc1c(Nc2ccccc2)nc2ccccn2c1=O. The van der Waals surface area contributed by atoms with Gasteiger partial charge in [0, 0.05) is 11.9 Å². The monoisotopic (exact) mass is 262 g/mol. The molecule has 0 atom stereocenters. The molecule has 0 spiro atoms. The molecule has 5 heteroatoms. The van der Waals surface area contributed by atoms with Crippen molar-refractivity contribution in [3.63, 3.8) is 0 Å². The molecule has 1 aromatic carbocycles. The van der Waals surface area contributed by atoms with Crippen LogP contribution in [-0.4, -0.2) is 9.38 Å². The topological polar surface area (TPSA) is 70.2 Å². The third-order valence-corrected chi connectivity index (χ3v) is 2.88. The summed E-state index contributed by atoms with van der Waals surface area (Å²) in [6.45, 7) is 0. The zero-order valence-electron chi connectivity index (χ0n) is 10.4. The molecule has 96 valence electrons. The minimum absolute atomic E-state index is 0.00227. The third kappa shape index (κ3) is 1.99. The van der Waals surface area contributed by atoms with Crippen LogP contribution in [0.15, 0.2) is 59.5 Å². The van der Waals surface area contributed by atoms with E-state index in [9.17, 15) is 10.1 Å². The Labute approximate surface area is 114 Å². The maximum absolute atomic E-state index is 12.2. The van der Waals surface area contributed by atoms with E-state index in [0.29, 0.717) is 5.65 Å². The fourth-order valence-corrected chi connectivity index (χ4v) is 1.94. The minimum atomic E-state index is -0.378. The van der Waals surface area contributed by atoms with Crippen molar-refractivity contribution in [3.8, 4) is 6.07 Å². The number of hydrogen-bond acceptors (Lipinski definition) is 4. The van der Waals surface area contributed by atoms with E-state index < -0.39 is 0 Å². The largest absolute Gasteiger partial charge is 0.339 e. The highest BCUT2D eigenvalue weighted by Gasteiger charge is 2.12. The van der Waals surface area contributed by atoms with Gasteiger partial charge in [0.25, 0.3) is 5.56 Å². The lowest BCUT2D eigenvalue weighted by Crippen LogP contribution is -2.19. The van der Waals surface area contributed by atoms with Gasteiger partial charge in [-0.2, -0.15) is 5.26 Å². The number of fused-ring (bicyclic) bond motifs is 1. The summed E-state index contributed by atoms with van der Waals surface area (Å²) >= 11 is 0. The molecule has 0 bridgehead atoms. The molecule has 0 radical (unpaired) electrons. The van der Waals surface area contributed by atoms with Crippen LogP contribution in [-0.2, 0) is 0 Å². The number of benzene rings is 1. The maximum Gasteiger partial charge on any atom is 0.278 e. The second-order valence-corrected chi connectivity index (χ2v) is 4.17. The second-order valence-electron chi connectivity index (χ2n) is 4.17. The Balaban J connectivity index is 2.20. The molecule has 0 saturated carbocycles. The fraction of sp³-hybridized carbons (Fsp3) is 0. The van der Waals surface area contributed by atoms with Crippen LogP contribution in [0, 0.1) is 11.3 Å². The van der Waals surface area contributed by atoms with E-state index in [1.54, 1.807) is 24.4 Å². The Kier molecular flexibility index (Phi) is 2.90. The summed E-state index contributed by atoms with van der Waals surface area (Å²) in [5.74, 6) is 0.273. The number of pyridine rings is 1. The van der Waals surface area contributed by atoms with Gasteiger partial charge in [0.15, 0.2) is 11.4 Å². The number of rotatable bonds is 2. The maximum atomic E-state index is 12.2. The van der Waals surface area contributed by atoms with E-state index >= 15 is 0 Å². The van der Waals surface area contributed by atoms with E-state index in [-0.39, 0.29) is 16.9 Å². The van der Waals surface area contributed by atoms with Crippen molar-refractivity contribution in [2.24, 2.45) is 0 Å². The quantitative estimate of drug-likeness (QED) is 0.769. The molecule has 0 saturated heterocycles. The van der Waals surface area contributed by atoms with Gasteiger partial charge < -0.3 is 5.32 Å². The summed E-state index contributed by atoms with van der Waals surface area (Å²) < 4.78 is 1.36. The molecule has 0 aliphatic carbocycles. The number of nitrogens with one attached hydrogen (secondary N) is 1. The molecule has 2 heterocycles. The lowest BCUT2D eigenvalue weighted by Gasteiger charge is -2.08. The van der Waals surface area contributed by atoms with Crippen LogP contribution in [0.2, 0.25) is 0 Å². The molecule has 3 aromatic rings. The highest BCUT2D eigenvalue weighted by molar-refractivity contribution is 5.64. The molecule has 1 N–H and O–H groups in total. The molecule has 20 heavy (non-hydrogen) atoms. The number of aromatic nitrogens is 2. The molecular weight excluding hydrogens is 252 g/mol. The van der Waals surface area contributed by atoms with Gasteiger partial charge in [-0.05, 0) is 24.3 Å². The first-order valence-electron chi connectivity index (χ1n) is 6.03. The predicted octanol–water partition coefficient (Wildman–Crippen LogP) is 2.31. The molecule has 2 aromatic heterocycles. The van der Waals surface area contributed by atoms with Gasteiger partial charge in [0.1, 0.15) is 11.7 Å². The zero-order chi connectivity index (χ0) is 13.9. The average molecular weight is 262 g/mol. The summed E-state index contributed by atoms with van der Waals surface area (Å²) in [5.41, 5.74) is 0.889. The molecule has 0 fully saturated rings. The van der Waals surface area contributed by atoms with Gasteiger partial charge in [-0.3, -0.25) is 9.20 Å². The number of nitriles is 1. The van der Waals surface area contributed by atoms with Crippen LogP contribution < -0.4 is 10.9 Å². The molecular formula is C15H10N4O. The Bertz CT molecular complexity index is 862. The highest BCUT2D eigenvalue weighted by atomic mass is 16.1. The molecule has 0 amide bonds. The molecule has 5 nitrogen and oxygen atoms in total. The van der Waals surface area contributed by atoms with Crippen molar-refractivity contribution in [1.82, 2.24) is 9.38 Å². The summed E-state index contributed by atoms with van der Waals surface area (Å²) in [6, 6.07) is 16.5. The minimum Gasteiger partial charge on any atom is -0.339 e. The lowest BCUT2D eigenvalue weighted by molar-refractivity contribution is 1.04. The van der Waals surface area contributed by atoms with Crippen molar-refractivity contribution >= 4 is 17.2 Å². The highest BCUT2D eigenvalue weighted by Crippen LogP contribution is 2.16. The zero-order valence-corrected chi connectivity index (χ0v) is 10.4. The Morgan fingerprint density at radius 2 is 1.85 bits per heavy atom. The molecule has 0 aliphatic heterocycles. The second kappa shape index (κ2) is 4.86. The molecule has 3 rings (SSSR count). The van der Waals surface area contributed by atoms with Crippen LogP contribution >= 0.6 is 0 Å². The first kappa shape index (κ1) is 11.9. The molecule has 0 aliphatic rings. The normalized spacial score (nSPS) is 10.2. The van der Waals surface area contributed by atoms with Crippen molar-refractivity contribution < 1.29 is 0 Å². The van der Waals surface area contributed by atoms with Crippen LogP contribution in [0.1, 0.15) is 5.56 Å². The Hall–Kier alpha value is -3.13. The number of anilines is 2.